The van der Waals surface area contributed by atoms with E-state index in [1.165, 1.54) is 0 Å². The maximum Gasteiger partial charge on any atom is 0.133 e. The van der Waals surface area contributed by atoms with Gasteiger partial charge in [-0.1, -0.05) is 24.0 Å². The Morgan fingerprint density at radius 2 is 2.53 bits per heavy atom. The van der Waals surface area contributed by atoms with Crippen molar-refractivity contribution in [1.82, 2.24) is 5.32 Å². The van der Waals surface area contributed by atoms with E-state index in [2.05, 4.69) is 11.4 Å². The van der Waals surface area contributed by atoms with E-state index in [9.17, 15) is 0 Å². The Balaban J connectivity index is 1.96. The average molecular weight is 244 g/mol. The van der Waals surface area contributed by atoms with Crippen molar-refractivity contribution in [2.75, 3.05) is 18.9 Å². The van der Waals surface area contributed by atoms with Crippen LogP contribution in [0.2, 0.25) is 0 Å². The van der Waals surface area contributed by atoms with E-state index in [0.717, 1.165) is 42.5 Å². The quantitative estimate of drug-likeness (QED) is 0.592. The van der Waals surface area contributed by atoms with E-state index in [4.69, 9.17) is 22.2 Å². The maximum absolute atomic E-state index is 8.35. The number of hydrogen-bond donors (Lipinski definition) is 1. The molecule has 1 rings (SSSR count). The number of thiocarbonyl (C=S) groups is 1. The van der Waals surface area contributed by atoms with Gasteiger partial charge in [0.15, 0.2) is 0 Å². The molecule has 1 heterocycles. The van der Waals surface area contributed by atoms with Crippen LogP contribution in [0.25, 0.3) is 0 Å². The molecule has 1 saturated heterocycles. The van der Waals surface area contributed by atoms with Gasteiger partial charge in [-0.15, -0.1) is 0 Å². The van der Waals surface area contributed by atoms with Crippen molar-refractivity contribution < 1.29 is 4.74 Å². The second-order valence-electron chi connectivity index (χ2n) is 3.41. The lowest BCUT2D eigenvalue weighted by molar-refractivity contribution is 0.114. The summed E-state index contributed by atoms with van der Waals surface area (Å²) in [4.78, 5) is 0. The van der Waals surface area contributed by atoms with Gasteiger partial charge >= 0.3 is 0 Å². The molecule has 0 aliphatic carbocycles. The number of nitriles is 1. The number of unbranched alkanes of at least 4 members (excludes halogenated alkanes) is 1. The summed E-state index contributed by atoms with van der Waals surface area (Å²) in [6, 6.07) is 2.12. The first-order chi connectivity index (χ1) is 7.33. The molecule has 0 saturated carbocycles. The fourth-order valence-electron chi connectivity index (χ4n) is 1.37. The van der Waals surface area contributed by atoms with E-state index in [1.807, 2.05) is 0 Å². The average Bonchev–Trinajstić information content (AvgIpc) is 2.74. The monoisotopic (exact) mass is 244 g/mol. The highest BCUT2D eigenvalue weighted by molar-refractivity contribution is 8.22. The van der Waals surface area contributed by atoms with Crippen LogP contribution in [-0.4, -0.2) is 29.3 Å². The van der Waals surface area contributed by atoms with E-state index < -0.39 is 0 Å². The summed E-state index contributed by atoms with van der Waals surface area (Å²) in [5.74, 6) is 0.922. The van der Waals surface area contributed by atoms with E-state index in [-0.39, 0.29) is 0 Å². The van der Waals surface area contributed by atoms with Crippen molar-refractivity contribution in [3.63, 3.8) is 0 Å². The second kappa shape index (κ2) is 7.91. The van der Waals surface area contributed by atoms with Crippen molar-refractivity contribution in [2.24, 2.45) is 0 Å². The third-order valence-electron chi connectivity index (χ3n) is 2.16. The Morgan fingerprint density at radius 1 is 1.67 bits per heavy atom. The number of thioether (sulfide) groups is 1. The first kappa shape index (κ1) is 12.8. The summed E-state index contributed by atoms with van der Waals surface area (Å²) in [5.41, 5.74) is 0. The van der Waals surface area contributed by atoms with Gasteiger partial charge in [-0.25, -0.2) is 0 Å². The molecule has 1 N–H and O–H groups in total. The summed E-state index contributed by atoms with van der Waals surface area (Å²) >= 11 is 6.77. The van der Waals surface area contributed by atoms with E-state index in [1.54, 1.807) is 11.8 Å². The van der Waals surface area contributed by atoms with Crippen LogP contribution in [0.15, 0.2) is 0 Å². The highest BCUT2D eigenvalue weighted by atomic mass is 32.2. The predicted octanol–water partition coefficient (Wildman–Crippen LogP) is 2.08. The number of nitrogens with zero attached hydrogens (tertiary/aromatic N) is 1. The van der Waals surface area contributed by atoms with Crippen molar-refractivity contribution in [3.8, 4) is 6.07 Å². The van der Waals surface area contributed by atoms with Gasteiger partial charge in [-0.05, 0) is 19.3 Å². The number of ether oxygens (including phenoxy) is 1. The molecular formula is C10H16N2OS2. The van der Waals surface area contributed by atoms with Crippen LogP contribution in [0.1, 0.15) is 25.7 Å². The van der Waals surface area contributed by atoms with Gasteiger partial charge < -0.3 is 10.1 Å². The molecule has 84 valence electrons. The Hall–Kier alpha value is -0.310. The topological polar surface area (TPSA) is 45.0 Å². The number of rotatable bonds is 5. The Labute approximate surface area is 101 Å². The van der Waals surface area contributed by atoms with Crippen LogP contribution in [0.3, 0.4) is 0 Å². The van der Waals surface area contributed by atoms with Crippen LogP contribution in [-0.2, 0) is 4.74 Å². The summed E-state index contributed by atoms with van der Waals surface area (Å²) in [6.07, 6.45) is 4.15. The SMILES string of the molecule is N#CCCCSC(=S)NCC1CCCO1. The molecule has 0 amide bonds. The molecule has 0 aromatic rings. The zero-order valence-corrected chi connectivity index (χ0v) is 10.3. The maximum atomic E-state index is 8.35. The smallest absolute Gasteiger partial charge is 0.133 e. The van der Waals surface area contributed by atoms with Gasteiger partial charge in [0.1, 0.15) is 4.32 Å². The molecule has 15 heavy (non-hydrogen) atoms. The van der Waals surface area contributed by atoms with E-state index >= 15 is 0 Å². The van der Waals surface area contributed by atoms with Crippen molar-refractivity contribution in [1.29, 1.82) is 5.26 Å². The molecule has 0 bridgehead atoms. The van der Waals surface area contributed by atoms with Crippen molar-refractivity contribution in [2.45, 2.75) is 31.8 Å². The normalized spacial score (nSPS) is 19.8. The molecule has 0 aromatic carbocycles. The number of hydrogen-bond acceptors (Lipinski definition) is 4. The molecule has 1 aliphatic heterocycles. The minimum absolute atomic E-state index is 0.336. The molecule has 1 unspecified atom stereocenters. The third kappa shape index (κ3) is 5.98. The molecule has 0 radical (unpaired) electrons. The lowest BCUT2D eigenvalue weighted by Crippen LogP contribution is -2.29. The predicted molar refractivity (Wildman–Crippen MR) is 66.9 cm³/mol. The Bertz CT molecular complexity index is 234. The summed E-state index contributed by atoms with van der Waals surface area (Å²) < 4.78 is 6.29. The zero-order valence-electron chi connectivity index (χ0n) is 8.70. The van der Waals surface area contributed by atoms with Crippen LogP contribution in [0, 0.1) is 11.3 Å². The molecule has 1 aliphatic rings. The van der Waals surface area contributed by atoms with Gasteiger partial charge in [-0.3, -0.25) is 0 Å². The largest absolute Gasteiger partial charge is 0.376 e. The molecule has 0 spiro atoms. The molecule has 0 aromatic heterocycles. The summed E-state index contributed by atoms with van der Waals surface area (Å²) in [5, 5.41) is 11.5. The molecule has 3 nitrogen and oxygen atoms in total. The van der Waals surface area contributed by atoms with Gasteiger partial charge in [-0.2, -0.15) is 5.26 Å². The Morgan fingerprint density at radius 3 is 3.20 bits per heavy atom. The number of nitrogens with one attached hydrogen (secondary N) is 1. The first-order valence-corrected chi connectivity index (χ1v) is 6.61. The first-order valence-electron chi connectivity index (χ1n) is 5.22. The molecule has 1 fully saturated rings. The summed E-state index contributed by atoms with van der Waals surface area (Å²) in [6.45, 7) is 1.71. The van der Waals surface area contributed by atoms with Gasteiger partial charge in [0, 0.05) is 25.3 Å². The lowest BCUT2D eigenvalue weighted by atomic mass is 10.2. The van der Waals surface area contributed by atoms with Gasteiger partial charge in [0.2, 0.25) is 0 Å². The third-order valence-corrected chi connectivity index (χ3v) is 3.56. The van der Waals surface area contributed by atoms with Crippen LogP contribution in [0.4, 0.5) is 0 Å². The molecule has 5 heteroatoms. The molecular weight excluding hydrogens is 228 g/mol. The second-order valence-corrected chi connectivity index (χ2v) is 5.19. The fraction of sp³-hybridized carbons (Fsp3) is 0.800. The fourth-order valence-corrected chi connectivity index (χ4v) is 2.36. The standard InChI is InChI=1S/C10H16N2OS2/c11-5-1-2-7-15-10(14)12-8-9-4-3-6-13-9/h9H,1-4,6-8H2,(H,12,14). The van der Waals surface area contributed by atoms with Gasteiger partial charge in [0.25, 0.3) is 0 Å². The lowest BCUT2D eigenvalue weighted by Gasteiger charge is -2.11. The van der Waals surface area contributed by atoms with Crippen LogP contribution in [0.5, 0.6) is 0 Å². The van der Waals surface area contributed by atoms with Gasteiger partial charge in [0.05, 0.1) is 12.2 Å². The van der Waals surface area contributed by atoms with E-state index in [0.29, 0.717) is 12.5 Å². The Kier molecular flexibility index (Phi) is 6.73. The van der Waals surface area contributed by atoms with Crippen molar-refractivity contribution in [3.05, 3.63) is 0 Å². The highest BCUT2D eigenvalue weighted by Gasteiger charge is 2.15. The van der Waals surface area contributed by atoms with Crippen LogP contribution < -0.4 is 5.32 Å². The van der Waals surface area contributed by atoms with Crippen molar-refractivity contribution >= 4 is 28.3 Å². The highest BCUT2D eigenvalue weighted by Crippen LogP contribution is 2.12. The summed E-state index contributed by atoms with van der Waals surface area (Å²) in [7, 11) is 0. The van der Waals surface area contributed by atoms with Crippen LogP contribution >= 0.6 is 24.0 Å². The zero-order chi connectivity index (χ0) is 10.9. The molecule has 1 atom stereocenters. The minimum Gasteiger partial charge on any atom is -0.376 e. The minimum atomic E-state index is 0.336.